The summed E-state index contributed by atoms with van der Waals surface area (Å²) >= 11 is 8.86. The molecule has 106 valence electrons. The average Bonchev–Trinajstić information content (AvgIpc) is 2.26. The van der Waals surface area contributed by atoms with E-state index in [1.807, 2.05) is 0 Å². The first-order valence-corrected chi connectivity index (χ1v) is 8.22. The minimum absolute atomic E-state index is 0.0614. The van der Waals surface area contributed by atoms with E-state index in [1.165, 1.54) is 0 Å². The summed E-state index contributed by atoms with van der Waals surface area (Å²) in [6.45, 7) is 3.36. The van der Waals surface area contributed by atoms with Gasteiger partial charge in [0.1, 0.15) is 5.02 Å². The summed E-state index contributed by atoms with van der Waals surface area (Å²) in [5.41, 5.74) is -0.0381. The standard InChI is InChI=1S/C10H12BrClN2O4S/c1-6(2)13-19(17,18)10-4-8(12)9(14(15)16)3-7(10)5-11/h3-4,6,13H,5H2,1-2H3. The lowest BCUT2D eigenvalue weighted by Gasteiger charge is -2.12. The van der Waals surface area contributed by atoms with Gasteiger partial charge in [0, 0.05) is 17.4 Å². The van der Waals surface area contributed by atoms with Crippen LogP contribution in [0, 0.1) is 10.1 Å². The van der Waals surface area contributed by atoms with Gasteiger partial charge in [-0.2, -0.15) is 0 Å². The zero-order valence-electron chi connectivity index (χ0n) is 10.2. The molecule has 1 aromatic rings. The second-order valence-electron chi connectivity index (χ2n) is 4.08. The van der Waals surface area contributed by atoms with Crippen molar-refractivity contribution in [2.24, 2.45) is 0 Å². The Kier molecular flexibility index (Phi) is 5.31. The van der Waals surface area contributed by atoms with Gasteiger partial charge in [-0.3, -0.25) is 10.1 Å². The lowest BCUT2D eigenvalue weighted by atomic mass is 10.2. The van der Waals surface area contributed by atoms with Gasteiger partial charge in [0.15, 0.2) is 0 Å². The number of nitro groups is 1. The fourth-order valence-corrected chi connectivity index (χ4v) is 3.90. The molecule has 0 bridgehead atoms. The maximum Gasteiger partial charge on any atom is 0.288 e. The zero-order valence-corrected chi connectivity index (χ0v) is 13.3. The van der Waals surface area contributed by atoms with Gasteiger partial charge < -0.3 is 0 Å². The lowest BCUT2D eigenvalue weighted by molar-refractivity contribution is -0.384. The normalized spacial score (nSPS) is 11.8. The highest BCUT2D eigenvalue weighted by Crippen LogP contribution is 2.31. The number of alkyl halides is 1. The van der Waals surface area contributed by atoms with Gasteiger partial charge in [-0.15, -0.1) is 0 Å². The second-order valence-corrected chi connectivity index (χ2v) is 6.73. The van der Waals surface area contributed by atoms with E-state index in [0.29, 0.717) is 0 Å². The van der Waals surface area contributed by atoms with Gasteiger partial charge in [0.25, 0.3) is 5.69 Å². The first kappa shape index (κ1) is 16.4. The Morgan fingerprint density at radius 3 is 2.47 bits per heavy atom. The molecule has 0 aliphatic heterocycles. The van der Waals surface area contributed by atoms with E-state index in [9.17, 15) is 18.5 Å². The Bertz CT molecular complexity index is 604. The molecular formula is C10H12BrClN2O4S. The Morgan fingerprint density at radius 2 is 2.05 bits per heavy atom. The third-order valence-corrected chi connectivity index (χ3v) is 4.80. The molecule has 0 radical (unpaired) electrons. The molecule has 0 aliphatic carbocycles. The van der Waals surface area contributed by atoms with Crippen LogP contribution in [0.3, 0.4) is 0 Å². The van der Waals surface area contributed by atoms with Crippen molar-refractivity contribution in [2.45, 2.75) is 30.1 Å². The predicted molar refractivity (Wildman–Crippen MR) is 76.2 cm³/mol. The van der Waals surface area contributed by atoms with Crippen LogP contribution in [-0.2, 0) is 15.4 Å². The minimum atomic E-state index is -3.75. The molecule has 0 unspecified atom stereocenters. The van der Waals surface area contributed by atoms with Crippen molar-refractivity contribution >= 4 is 43.2 Å². The summed E-state index contributed by atoms with van der Waals surface area (Å²) < 4.78 is 26.6. The number of nitrogens with zero attached hydrogens (tertiary/aromatic N) is 1. The van der Waals surface area contributed by atoms with E-state index < -0.39 is 14.9 Å². The molecule has 1 rings (SSSR count). The van der Waals surface area contributed by atoms with Gasteiger partial charge in [-0.05, 0) is 25.5 Å². The smallest absolute Gasteiger partial charge is 0.258 e. The molecule has 0 saturated carbocycles. The second kappa shape index (κ2) is 6.17. The third kappa shape index (κ3) is 3.88. The Labute approximate surface area is 124 Å². The molecule has 9 heteroatoms. The van der Waals surface area contributed by atoms with Crippen LogP contribution >= 0.6 is 27.5 Å². The monoisotopic (exact) mass is 370 g/mol. The van der Waals surface area contributed by atoms with Gasteiger partial charge in [0.2, 0.25) is 10.0 Å². The van der Waals surface area contributed by atoms with E-state index in [-0.39, 0.29) is 32.5 Å². The van der Waals surface area contributed by atoms with Crippen molar-refractivity contribution in [1.29, 1.82) is 0 Å². The number of halogens is 2. The van der Waals surface area contributed by atoms with Gasteiger partial charge in [0.05, 0.1) is 9.82 Å². The van der Waals surface area contributed by atoms with Crippen molar-refractivity contribution in [3.63, 3.8) is 0 Å². The van der Waals surface area contributed by atoms with Gasteiger partial charge in [-0.1, -0.05) is 27.5 Å². The Hall–Kier alpha value is -0.700. The van der Waals surface area contributed by atoms with Crippen LogP contribution in [0.5, 0.6) is 0 Å². The average molecular weight is 372 g/mol. The molecule has 0 spiro atoms. The maximum atomic E-state index is 12.1. The SMILES string of the molecule is CC(C)NS(=O)(=O)c1cc(Cl)c([N+](=O)[O-])cc1CBr. The summed E-state index contributed by atoms with van der Waals surface area (Å²) in [6.07, 6.45) is 0. The summed E-state index contributed by atoms with van der Waals surface area (Å²) in [7, 11) is -3.75. The van der Waals surface area contributed by atoms with Crippen LogP contribution in [0.25, 0.3) is 0 Å². The fraction of sp³-hybridized carbons (Fsp3) is 0.400. The first-order chi connectivity index (χ1) is 8.69. The largest absolute Gasteiger partial charge is 0.288 e. The van der Waals surface area contributed by atoms with E-state index >= 15 is 0 Å². The van der Waals surface area contributed by atoms with Gasteiger partial charge >= 0.3 is 0 Å². The molecule has 0 amide bonds. The Balaban J connectivity index is 3.45. The predicted octanol–water partition coefficient (Wildman–Crippen LogP) is 2.83. The Morgan fingerprint density at radius 1 is 1.47 bits per heavy atom. The van der Waals surface area contributed by atoms with E-state index in [1.54, 1.807) is 13.8 Å². The first-order valence-electron chi connectivity index (χ1n) is 5.24. The van der Waals surface area contributed by atoms with Gasteiger partial charge in [-0.25, -0.2) is 13.1 Å². The molecule has 19 heavy (non-hydrogen) atoms. The van der Waals surface area contributed by atoms with Crippen LogP contribution in [0.4, 0.5) is 5.69 Å². The van der Waals surface area contributed by atoms with Crippen LogP contribution < -0.4 is 4.72 Å². The van der Waals surface area contributed by atoms with E-state index in [0.717, 1.165) is 12.1 Å². The number of rotatable bonds is 5. The lowest BCUT2D eigenvalue weighted by Crippen LogP contribution is -2.30. The number of hydrogen-bond acceptors (Lipinski definition) is 4. The summed E-state index contributed by atoms with van der Waals surface area (Å²) in [4.78, 5) is 10.1. The van der Waals surface area contributed by atoms with Crippen molar-refractivity contribution in [1.82, 2.24) is 4.72 Å². The fourth-order valence-electron chi connectivity index (χ4n) is 1.46. The molecule has 0 aromatic heterocycles. The summed E-state index contributed by atoms with van der Waals surface area (Å²) in [5, 5.41) is 10.7. The summed E-state index contributed by atoms with van der Waals surface area (Å²) in [6, 6.07) is 1.97. The number of nitro benzene ring substituents is 1. The number of benzene rings is 1. The number of nitrogens with one attached hydrogen (secondary N) is 1. The highest BCUT2D eigenvalue weighted by Gasteiger charge is 2.24. The molecule has 0 heterocycles. The van der Waals surface area contributed by atoms with Crippen LogP contribution in [0.2, 0.25) is 5.02 Å². The van der Waals surface area contributed by atoms with Crippen molar-refractivity contribution in [2.75, 3.05) is 0 Å². The number of sulfonamides is 1. The third-order valence-electron chi connectivity index (χ3n) is 2.15. The van der Waals surface area contributed by atoms with Crippen LogP contribution in [0.1, 0.15) is 19.4 Å². The molecule has 0 saturated heterocycles. The van der Waals surface area contributed by atoms with Crippen molar-refractivity contribution in [3.05, 3.63) is 32.8 Å². The maximum absolute atomic E-state index is 12.1. The van der Waals surface area contributed by atoms with E-state index in [2.05, 4.69) is 20.7 Å². The summed E-state index contributed by atoms with van der Waals surface area (Å²) in [5.74, 6) is 0. The molecule has 1 aromatic carbocycles. The number of hydrogen-bond donors (Lipinski definition) is 1. The quantitative estimate of drug-likeness (QED) is 0.489. The molecule has 0 atom stereocenters. The zero-order chi connectivity index (χ0) is 14.8. The molecule has 0 aliphatic rings. The van der Waals surface area contributed by atoms with Crippen molar-refractivity contribution < 1.29 is 13.3 Å². The highest BCUT2D eigenvalue weighted by molar-refractivity contribution is 9.08. The molecule has 6 nitrogen and oxygen atoms in total. The molecular weight excluding hydrogens is 360 g/mol. The van der Waals surface area contributed by atoms with E-state index in [4.69, 9.17) is 11.6 Å². The van der Waals surface area contributed by atoms with Crippen LogP contribution in [-0.4, -0.2) is 19.4 Å². The minimum Gasteiger partial charge on any atom is -0.258 e. The van der Waals surface area contributed by atoms with Crippen molar-refractivity contribution in [3.8, 4) is 0 Å². The molecule has 0 fully saturated rings. The topological polar surface area (TPSA) is 89.3 Å². The van der Waals surface area contributed by atoms with Crippen LogP contribution in [0.15, 0.2) is 17.0 Å². The highest BCUT2D eigenvalue weighted by atomic mass is 79.9. The molecule has 1 N–H and O–H groups in total.